The van der Waals surface area contributed by atoms with Crippen LogP contribution in [0.1, 0.15) is 41.7 Å². The third kappa shape index (κ3) is 4.55. The molecule has 0 bridgehead atoms. The van der Waals surface area contributed by atoms with E-state index in [0.717, 1.165) is 0 Å². The van der Waals surface area contributed by atoms with E-state index in [1.165, 1.54) is 18.2 Å². The summed E-state index contributed by atoms with van der Waals surface area (Å²) in [6.45, 7) is -0.201. The zero-order valence-electron chi connectivity index (χ0n) is 18.3. The number of carbonyl (C=O) groups is 1. The van der Waals surface area contributed by atoms with E-state index in [-0.39, 0.29) is 30.2 Å². The molecule has 33 heavy (non-hydrogen) atoms. The summed E-state index contributed by atoms with van der Waals surface area (Å²) in [6.07, 6.45) is -0.00992. The van der Waals surface area contributed by atoms with Gasteiger partial charge in [0, 0.05) is 18.3 Å². The molecule has 1 aliphatic heterocycles. The average Bonchev–Trinajstić information content (AvgIpc) is 3.08. The van der Waals surface area contributed by atoms with Gasteiger partial charge in [-0.2, -0.15) is 0 Å². The maximum Gasteiger partial charge on any atom is 0.325 e. The molecule has 3 N–H and O–H groups in total. The molecule has 172 valence electrons. The van der Waals surface area contributed by atoms with E-state index < -0.39 is 12.1 Å². The van der Waals surface area contributed by atoms with E-state index in [1.807, 2.05) is 30.3 Å². The van der Waals surface area contributed by atoms with E-state index >= 15 is 0 Å². The number of aliphatic hydroxyl groups is 2. The smallest absolute Gasteiger partial charge is 0.325 e. The van der Waals surface area contributed by atoms with Crippen LogP contribution in [0.25, 0.3) is 0 Å². The second kappa shape index (κ2) is 9.60. The van der Waals surface area contributed by atoms with Gasteiger partial charge in [0.1, 0.15) is 11.6 Å². The fourth-order valence-electron chi connectivity index (χ4n) is 4.49. The van der Waals surface area contributed by atoms with E-state index in [9.17, 15) is 24.5 Å². The van der Waals surface area contributed by atoms with Crippen LogP contribution in [-0.4, -0.2) is 39.3 Å². The van der Waals surface area contributed by atoms with Gasteiger partial charge in [-0.05, 0) is 54.3 Å². The number of phenols is 1. The van der Waals surface area contributed by atoms with Crippen molar-refractivity contribution in [1.29, 1.82) is 0 Å². The predicted molar refractivity (Wildman–Crippen MR) is 123 cm³/mol. The first-order valence-electron chi connectivity index (χ1n) is 10.9. The standard InChI is InChI=1S/C26H27FN2O4/c1-28-22(13-14-23(31)18-8-10-19(27)11-9-18)25(21-12-7-17(16-30)15-24(21)32)29(26(28)33)20-5-3-2-4-6-20/h2-12,15,22-23,25,30-32H,13-14,16H2,1H3/t22-,23?,25+/m0/s1. The fourth-order valence-corrected chi connectivity index (χ4v) is 4.49. The summed E-state index contributed by atoms with van der Waals surface area (Å²) in [4.78, 5) is 16.6. The molecule has 4 rings (SSSR count). The molecular formula is C26H27FN2O4. The van der Waals surface area contributed by atoms with E-state index in [4.69, 9.17) is 0 Å². The van der Waals surface area contributed by atoms with Gasteiger partial charge in [0.15, 0.2) is 0 Å². The zero-order valence-corrected chi connectivity index (χ0v) is 18.3. The van der Waals surface area contributed by atoms with E-state index in [1.54, 1.807) is 41.1 Å². The Morgan fingerprint density at radius 3 is 2.36 bits per heavy atom. The number of aliphatic hydroxyl groups excluding tert-OH is 2. The number of halogens is 1. The minimum atomic E-state index is -0.814. The van der Waals surface area contributed by atoms with Gasteiger partial charge in [-0.15, -0.1) is 0 Å². The lowest BCUT2D eigenvalue weighted by Crippen LogP contribution is -2.31. The maximum atomic E-state index is 13.3. The molecule has 7 heteroatoms. The number of nitrogens with zero attached hydrogens (tertiary/aromatic N) is 2. The van der Waals surface area contributed by atoms with Crippen LogP contribution in [-0.2, 0) is 6.61 Å². The third-order valence-electron chi connectivity index (χ3n) is 6.27. The number of amides is 2. The number of aromatic hydroxyl groups is 1. The van der Waals surface area contributed by atoms with Gasteiger partial charge < -0.3 is 20.2 Å². The number of anilines is 1. The maximum absolute atomic E-state index is 13.3. The molecule has 0 aromatic heterocycles. The minimum absolute atomic E-state index is 0.000311. The van der Waals surface area contributed by atoms with Gasteiger partial charge in [-0.3, -0.25) is 4.90 Å². The molecule has 3 aromatic rings. The highest BCUT2D eigenvalue weighted by Gasteiger charge is 2.46. The van der Waals surface area contributed by atoms with Crippen LogP contribution in [0.5, 0.6) is 5.75 Å². The van der Waals surface area contributed by atoms with Crippen molar-refractivity contribution in [2.75, 3.05) is 11.9 Å². The predicted octanol–water partition coefficient (Wildman–Crippen LogP) is 4.52. The average molecular weight is 451 g/mol. The quantitative estimate of drug-likeness (QED) is 0.494. The molecule has 2 amide bonds. The van der Waals surface area contributed by atoms with Gasteiger partial charge in [0.05, 0.1) is 24.8 Å². The van der Waals surface area contributed by atoms with Gasteiger partial charge in [-0.1, -0.05) is 42.5 Å². The third-order valence-corrected chi connectivity index (χ3v) is 6.27. The van der Waals surface area contributed by atoms with Crippen LogP contribution in [0.4, 0.5) is 14.9 Å². The molecule has 0 aliphatic carbocycles. The first kappa shape index (κ1) is 22.8. The lowest BCUT2D eigenvalue weighted by molar-refractivity contribution is 0.148. The lowest BCUT2D eigenvalue weighted by Gasteiger charge is -2.29. The first-order chi connectivity index (χ1) is 15.9. The van der Waals surface area contributed by atoms with Crippen molar-refractivity contribution in [2.45, 2.75) is 37.6 Å². The summed E-state index contributed by atoms with van der Waals surface area (Å²) < 4.78 is 13.2. The van der Waals surface area contributed by atoms with Crippen molar-refractivity contribution in [2.24, 2.45) is 0 Å². The lowest BCUT2D eigenvalue weighted by atomic mass is 9.91. The summed E-state index contributed by atoms with van der Waals surface area (Å²) >= 11 is 0. The van der Waals surface area contributed by atoms with E-state index in [2.05, 4.69) is 0 Å². The Morgan fingerprint density at radius 2 is 1.73 bits per heavy atom. The van der Waals surface area contributed by atoms with Crippen molar-refractivity contribution in [3.8, 4) is 5.75 Å². The number of benzene rings is 3. The Bertz CT molecular complexity index is 1110. The van der Waals surface area contributed by atoms with Gasteiger partial charge >= 0.3 is 6.03 Å². The number of hydrogen-bond acceptors (Lipinski definition) is 4. The van der Waals surface area contributed by atoms with Crippen molar-refractivity contribution >= 4 is 11.7 Å². The minimum Gasteiger partial charge on any atom is -0.508 e. The number of carbonyl (C=O) groups excluding carboxylic acids is 1. The molecule has 1 heterocycles. The van der Waals surface area contributed by atoms with Gasteiger partial charge in [0.25, 0.3) is 0 Å². The molecule has 0 saturated carbocycles. The number of urea groups is 1. The normalized spacial score (nSPS) is 19.2. The molecule has 3 atom stereocenters. The van der Waals surface area contributed by atoms with Crippen LogP contribution in [0.2, 0.25) is 0 Å². The van der Waals surface area contributed by atoms with Crippen LogP contribution in [0.3, 0.4) is 0 Å². The van der Waals surface area contributed by atoms with Crippen molar-refractivity contribution < 1.29 is 24.5 Å². The summed E-state index contributed by atoms with van der Waals surface area (Å²) in [7, 11) is 1.71. The largest absolute Gasteiger partial charge is 0.508 e. The Balaban J connectivity index is 1.67. The summed E-state index contributed by atoms with van der Waals surface area (Å²) in [5.74, 6) is -0.368. The topological polar surface area (TPSA) is 84.2 Å². The van der Waals surface area contributed by atoms with Crippen molar-refractivity contribution in [3.63, 3.8) is 0 Å². The zero-order chi connectivity index (χ0) is 23.5. The fraction of sp³-hybridized carbons (Fsp3) is 0.269. The van der Waals surface area contributed by atoms with Crippen LogP contribution in [0, 0.1) is 5.82 Å². The number of para-hydroxylation sites is 1. The highest BCUT2D eigenvalue weighted by atomic mass is 19.1. The summed E-state index contributed by atoms with van der Waals surface area (Å²) in [6, 6.07) is 18.9. The molecule has 0 radical (unpaired) electrons. The Hall–Kier alpha value is -3.42. The van der Waals surface area contributed by atoms with Crippen LogP contribution in [0.15, 0.2) is 72.8 Å². The molecule has 6 nitrogen and oxygen atoms in total. The molecule has 1 fully saturated rings. The second-order valence-electron chi connectivity index (χ2n) is 8.31. The second-order valence-corrected chi connectivity index (χ2v) is 8.31. The molecule has 0 spiro atoms. The highest BCUT2D eigenvalue weighted by Crippen LogP contribution is 2.43. The molecular weight excluding hydrogens is 423 g/mol. The molecule has 1 unspecified atom stereocenters. The Kier molecular flexibility index (Phi) is 6.62. The van der Waals surface area contributed by atoms with Gasteiger partial charge in [-0.25, -0.2) is 9.18 Å². The molecule has 1 aliphatic rings. The SMILES string of the molecule is CN1C(=O)N(c2ccccc2)[C@H](c2ccc(CO)cc2O)[C@@H]1CCC(O)c1ccc(F)cc1. The molecule has 1 saturated heterocycles. The number of hydrogen-bond donors (Lipinski definition) is 3. The number of likely N-dealkylation sites (N-methyl/N-ethyl adjacent to an activating group) is 1. The van der Waals surface area contributed by atoms with Crippen LogP contribution >= 0.6 is 0 Å². The summed E-state index contributed by atoms with van der Waals surface area (Å²) in [5, 5.41) is 30.9. The van der Waals surface area contributed by atoms with Crippen molar-refractivity contribution in [1.82, 2.24) is 4.90 Å². The monoisotopic (exact) mass is 450 g/mol. The molecule has 3 aromatic carbocycles. The van der Waals surface area contributed by atoms with Gasteiger partial charge in [0.2, 0.25) is 0 Å². The highest BCUT2D eigenvalue weighted by molar-refractivity contribution is 5.95. The first-order valence-corrected chi connectivity index (χ1v) is 10.9. The Morgan fingerprint density at radius 1 is 1.03 bits per heavy atom. The Labute approximate surface area is 192 Å². The van der Waals surface area contributed by atoms with Crippen LogP contribution < -0.4 is 4.90 Å². The number of phenolic OH excluding ortho intramolecular Hbond substituents is 1. The van der Waals surface area contributed by atoms with E-state index in [0.29, 0.717) is 35.2 Å². The summed E-state index contributed by atoms with van der Waals surface area (Å²) in [5.41, 5.74) is 2.44. The van der Waals surface area contributed by atoms with Crippen molar-refractivity contribution in [3.05, 3.63) is 95.3 Å². The number of rotatable bonds is 7.